The molecule has 0 aliphatic carbocycles. The average Bonchev–Trinajstić information content (AvgIpc) is 2.90. The maximum absolute atomic E-state index is 11.6. The molecule has 2 atom stereocenters. The van der Waals surface area contributed by atoms with Crippen molar-refractivity contribution in [3.8, 4) is 5.75 Å². The van der Waals surface area contributed by atoms with Crippen LogP contribution < -0.4 is 4.74 Å². The Morgan fingerprint density at radius 2 is 1.90 bits per heavy atom. The van der Waals surface area contributed by atoms with Gasteiger partial charge in [-0.05, 0) is 6.07 Å². The number of alkyl halides is 3. The maximum Gasteiger partial charge on any atom is 0.490 e. The summed E-state index contributed by atoms with van der Waals surface area (Å²) >= 11 is 0. The predicted molar refractivity (Wildman–Crippen MR) is 97.4 cm³/mol. The standard InChI is InChI=1S/C17H24N2O3.C2HF3O2/c1-13(20)19-7-8-22-17-12-18(10-15(17)11-19)9-14-5-3-4-6-16(14)21-2;3-2(4,5)1(6)7/h3-6,15,17H,7-12H2,1-2H3;(H,6,7)/t15-,17-;/m1./s1. The molecule has 1 N–H and O–H groups in total. The van der Waals surface area contributed by atoms with E-state index in [0.717, 1.165) is 38.5 Å². The molecule has 2 heterocycles. The van der Waals surface area contributed by atoms with E-state index in [9.17, 15) is 18.0 Å². The van der Waals surface area contributed by atoms with Crippen molar-refractivity contribution in [3.05, 3.63) is 29.8 Å². The maximum atomic E-state index is 11.6. The van der Waals surface area contributed by atoms with E-state index in [1.165, 1.54) is 5.56 Å². The van der Waals surface area contributed by atoms with Crippen LogP contribution in [0.2, 0.25) is 0 Å². The fourth-order valence-electron chi connectivity index (χ4n) is 3.47. The van der Waals surface area contributed by atoms with E-state index < -0.39 is 12.1 Å². The molecule has 7 nitrogen and oxygen atoms in total. The fraction of sp³-hybridized carbons (Fsp3) is 0.579. The van der Waals surface area contributed by atoms with E-state index in [4.69, 9.17) is 19.4 Å². The Balaban J connectivity index is 0.000000370. The lowest BCUT2D eigenvalue weighted by Gasteiger charge is -2.22. The zero-order chi connectivity index (χ0) is 21.6. The van der Waals surface area contributed by atoms with E-state index in [1.807, 2.05) is 23.1 Å². The molecule has 1 aromatic rings. The molecule has 0 spiro atoms. The van der Waals surface area contributed by atoms with Gasteiger partial charge in [-0.3, -0.25) is 9.69 Å². The van der Waals surface area contributed by atoms with Gasteiger partial charge in [0.1, 0.15) is 5.75 Å². The Bertz CT molecular complexity index is 713. The minimum absolute atomic E-state index is 0.146. The number of hydrogen-bond acceptors (Lipinski definition) is 5. The van der Waals surface area contributed by atoms with Gasteiger partial charge in [-0.25, -0.2) is 4.79 Å². The van der Waals surface area contributed by atoms with Gasteiger partial charge < -0.3 is 19.5 Å². The van der Waals surface area contributed by atoms with Crippen molar-refractivity contribution in [2.45, 2.75) is 25.7 Å². The van der Waals surface area contributed by atoms with Crippen LogP contribution in [0, 0.1) is 5.92 Å². The summed E-state index contributed by atoms with van der Waals surface area (Å²) in [6.45, 7) is 6.56. The number of likely N-dealkylation sites (tertiary alicyclic amines) is 1. The van der Waals surface area contributed by atoms with E-state index in [1.54, 1.807) is 14.0 Å². The number of carboxylic acid groups (broad SMARTS) is 1. The third-order valence-corrected chi connectivity index (χ3v) is 4.88. The monoisotopic (exact) mass is 418 g/mol. The normalized spacial score (nSPS) is 22.2. The highest BCUT2D eigenvalue weighted by Gasteiger charge is 2.38. The van der Waals surface area contributed by atoms with Gasteiger partial charge >= 0.3 is 12.1 Å². The molecule has 2 aliphatic heterocycles. The highest BCUT2D eigenvalue weighted by Crippen LogP contribution is 2.27. The molecule has 0 unspecified atom stereocenters. The number of halogens is 3. The third kappa shape index (κ3) is 6.60. The van der Waals surface area contributed by atoms with Crippen molar-refractivity contribution in [3.63, 3.8) is 0 Å². The van der Waals surface area contributed by atoms with Gasteiger partial charge in [-0.2, -0.15) is 13.2 Å². The minimum atomic E-state index is -5.08. The number of ether oxygens (including phenoxy) is 2. The van der Waals surface area contributed by atoms with Crippen molar-refractivity contribution in [2.24, 2.45) is 5.92 Å². The van der Waals surface area contributed by atoms with Gasteiger partial charge in [0.2, 0.25) is 5.91 Å². The molecule has 2 fully saturated rings. The number of para-hydroxylation sites is 1. The van der Waals surface area contributed by atoms with Gasteiger partial charge in [0.25, 0.3) is 0 Å². The van der Waals surface area contributed by atoms with Gasteiger partial charge in [0, 0.05) is 51.1 Å². The van der Waals surface area contributed by atoms with E-state index >= 15 is 0 Å². The number of hydrogen-bond donors (Lipinski definition) is 1. The fourth-order valence-corrected chi connectivity index (χ4v) is 3.47. The number of fused-ring (bicyclic) bond motifs is 1. The quantitative estimate of drug-likeness (QED) is 0.809. The number of nitrogens with zero attached hydrogens (tertiary/aromatic N) is 2. The molecule has 1 aromatic carbocycles. The lowest BCUT2D eigenvalue weighted by Crippen LogP contribution is -2.35. The van der Waals surface area contributed by atoms with Gasteiger partial charge in [0.15, 0.2) is 0 Å². The lowest BCUT2D eigenvalue weighted by molar-refractivity contribution is -0.192. The Hall–Kier alpha value is -2.33. The molecule has 2 aliphatic rings. The molecule has 29 heavy (non-hydrogen) atoms. The minimum Gasteiger partial charge on any atom is -0.496 e. The zero-order valence-electron chi connectivity index (χ0n) is 16.3. The smallest absolute Gasteiger partial charge is 0.490 e. The van der Waals surface area contributed by atoms with Crippen LogP contribution in [0.1, 0.15) is 12.5 Å². The van der Waals surface area contributed by atoms with Gasteiger partial charge in [-0.1, -0.05) is 18.2 Å². The second kappa shape index (κ2) is 9.93. The summed E-state index contributed by atoms with van der Waals surface area (Å²) in [5, 5.41) is 7.12. The molecule has 0 bridgehead atoms. The van der Waals surface area contributed by atoms with Crippen LogP contribution in [0.25, 0.3) is 0 Å². The molecule has 162 valence electrons. The Labute approximate surface area is 167 Å². The first kappa shape index (κ1) is 23.0. The molecule has 1 amide bonds. The number of aliphatic carboxylic acids is 1. The van der Waals surface area contributed by atoms with Crippen LogP contribution in [0.15, 0.2) is 24.3 Å². The number of carbonyl (C=O) groups is 2. The van der Waals surface area contributed by atoms with Crippen molar-refractivity contribution < 1.29 is 37.3 Å². The average molecular weight is 418 g/mol. The summed E-state index contributed by atoms with van der Waals surface area (Å²) in [7, 11) is 1.71. The Kier molecular flexibility index (Phi) is 7.86. The van der Waals surface area contributed by atoms with Crippen LogP contribution in [0.4, 0.5) is 13.2 Å². The topological polar surface area (TPSA) is 79.3 Å². The molecular weight excluding hydrogens is 393 g/mol. The molecular formula is C19H25F3N2O5. The number of carboxylic acids is 1. The van der Waals surface area contributed by atoms with Crippen molar-refractivity contribution in [2.75, 3.05) is 39.9 Å². The summed E-state index contributed by atoms with van der Waals surface area (Å²) in [6.07, 6.45) is -4.85. The lowest BCUT2D eigenvalue weighted by atomic mass is 10.1. The first-order chi connectivity index (χ1) is 13.6. The molecule has 0 saturated carbocycles. The van der Waals surface area contributed by atoms with Gasteiger partial charge in [0.05, 0.1) is 19.8 Å². The van der Waals surface area contributed by atoms with E-state index in [2.05, 4.69) is 11.0 Å². The van der Waals surface area contributed by atoms with Crippen molar-refractivity contribution in [1.29, 1.82) is 0 Å². The molecule has 0 aromatic heterocycles. The SMILES string of the molecule is COc1ccccc1CN1C[C@@H]2CN(C(C)=O)CCO[C@@H]2C1.O=C(O)C(F)(F)F. The Morgan fingerprint density at radius 1 is 1.24 bits per heavy atom. The third-order valence-electron chi connectivity index (χ3n) is 4.88. The van der Waals surface area contributed by atoms with Crippen molar-refractivity contribution in [1.82, 2.24) is 9.80 Å². The molecule has 2 saturated heterocycles. The number of amides is 1. The molecule has 3 rings (SSSR count). The van der Waals surface area contributed by atoms with Crippen LogP contribution >= 0.6 is 0 Å². The number of rotatable bonds is 3. The van der Waals surface area contributed by atoms with Crippen LogP contribution in [0.5, 0.6) is 5.75 Å². The second-order valence-corrected chi connectivity index (χ2v) is 6.94. The largest absolute Gasteiger partial charge is 0.496 e. The Morgan fingerprint density at radius 3 is 2.48 bits per heavy atom. The van der Waals surface area contributed by atoms with Crippen LogP contribution in [-0.4, -0.2) is 79.0 Å². The number of methoxy groups -OCH3 is 1. The zero-order valence-corrected chi connectivity index (χ0v) is 16.3. The highest BCUT2D eigenvalue weighted by molar-refractivity contribution is 5.73. The predicted octanol–water partition coefficient (Wildman–Crippen LogP) is 2.01. The summed E-state index contributed by atoms with van der Waals surface area (Å²) in [5.41, 5.74) is 1.20. The summed E-state index contributed by atoms with van der Waals surface area (Å²) in [5.74, 6) is -1.28. The molecule has 10 heteroatoms. The van der Waals surface area contributed by atoms with E-state index in [-0.39, 0.29) is 12.0 Å². The van der Waals surface area contributed by atoms with Crippen LogP contribution in [0.3, 0.4) is 0 Å². The first-order valence-corrected chi connectivity index (χ1v) is 9.13. The number of carbonyl (C=O) groups excluding carboxylic acids is 1. The van der Waals surface area contributed by atoms with Gasteiger partial charge in [-0.15, -0.1) is 0 Å². The summed E-state index contributed by atoms with van der Waals surface area (Å²) < 4.78 is 43.1. The summed E-state index contributed by atoms with van der Waals surface area (Å²) in [4.78, 5) is 24.8. The second-order valence-electron chi connectivity index (χ2n) is 6.94. The van der Waals surface area contributed by atoms with E-state index in [0.29, 0.717) is 12.5 Å². The first-order valence-electron chi connectivity index (χ1n) is 9.13. The number of benzene rings is 1. The molecule has 0 radical (unpaired) electrons. The van der Waals surface area contributed by atoms with Crippen molar-refractivity contribution >= 4 is 11.9 Å². The summed E-state index contributed by atoms with van der Waals surface area (Å²) in [6, 6.07) is 8.14. The highest BCUT2D eigenvalue weighted by atomic mass is 19.4. The van der Waals surface area contributed by atoms with Crippen LogP contribution in [-0.2, 0) is 20.9 Å².